The number of nitrogens with zero attached hydrogens (tertiary/aromatic N) is 1. The normalized spacial score (nSPS) is 16.6. The Hall–Kier alpha value is -0.730. The maximum Gasteiger partial charge on any atom is 0.0640 e. The molecule has 88 valence electrons. The van der Waals surface area contributed by atoms with Crippen molar-refractivity contribution in [3.8, 4) is 0 Å². The van der Waals surface area contributed by atoms with Crippen LogP contribution in [0, 0.1) is 6.92 Å². The number of halogens is 1. The van der Waals surface area contributed by atoms with Crippen molar-refractivity contribution in [3.05, 3.63) is 28.8 Å². The maximum atomic E-state index is 6.15. The van der Waals surface area contributed by atoms with E-state index in [1.54, 1.807) is 0 Å². The smallest absolute Gasteiger partial charge is 0.0640 e. The molecule has 0 atom stereocenters. The Morgan fingerprint density at radius 2 is 2.06 bits per heavy atom. The quantitative estimate of drug-likeness (QED) is 0.867. The van der Waals surface area contributed by atoms with Crippen LogP contribution in [-0.4, -0.2) is 31.1 Å². The zero-order valence-electron chi connectivity index (χ0n) is 9.80. The van der Waals surface area contributed by atoms with Gasteiger partial charge in [0.25, 0.3) is 0 Å². The largest absolute Gasteiger partial charge is 0.383 e. The van der Waals surface area contributed by atoms with E-state index in [9.17, 15) is 0 Å². The van der Waals surface area contributed by atoms with Gasteiger partial charge in [-0.05, 0) is 50.6 Å². The van der Waals surface area contributed by atoms with Crippen LogP contribution in [0.4, 0.5) is 5.69 Å². The third kappa shape index (κ3) is 3.13. The summed E-state index contributed by atoms with van der Waals surface area (Å²) in [6.07, 6.45) is 2.70. The van der Waals surface area contributed by atoms with E-state index in [0.29, 0.717) is 0 Å². The summed E-state index contributed by atoms with van der Waals surface area (Å²) in [5.74, 6) is 0. The second-order valence-electron chi connectivity index (χ2n) is 4.46. The number of hydrogen-bond acceptors (Lipinski definition) is 2. The summed E-state index contributed by atoms with van der Waals surface area (Å²) in [5, 5.41) is 4.21. The Labute approximate surface area is 103 Å². The van der Waals surface area contributed by atoms with Crippen LogP contribution >= 0.6 is 11.6 Å². The molecule has 0 aromatic heterocycles. The lowest BCUT2D eigenvalue weighted by molar-refractivity contribution is 0.352. The molecule has 3 heteroatoms. The van der Waals surface area contributed by atoms with E-state index < -0.39 is 0 Å². The summed E-state index contributed by atoms with van der Waals surface area (Å²) in [4.78, 5) is 2.50. The van der Waals surface area contributed by atoms with Crippen molar-refractivity contribution in [1.82, 2.24) is 4.90 Å². The van der Waals surface area contributed by atoms with Crippen LogP contribution in [0.25, 0.3) is 0 Å². The summed E-state index contributed by atoms with van der Waals surface area (Å²) in [6, 6.07) is 6.14. The average Bonchev–Trinajstić information content (AvgIpc) is 2.74. The first-order valence-electron chi connectivity index (χ1n) is 5.98. The Bertz CT molecular complexity index is 346. The van der Waals surface area contributed by atoms with Crippen LogP contribution in [-0.2, 0) is 0 Å². The van der Waals surface area contributed by atoms with E-state index in [1.807, 2.05) is 6.07 Å². The highest BCUT2D eigenvalue weighted by Gasteiger charge is 2.10. The van der Waals surface area contributed by atoms with Crippen LogP contribution < -0.4 is 5.32 Å². The number of likely N-dealkylation sites (tertiary alicyclic amines) is 1. The number of aryl methyl sites for hydroxylation is 1. The third-order valence-electron chi connectivity index (χ3n) is 3.07. The maximum absolute atomic E-state index is 6.15. The van der Waals surface area contributed by atoms with Crippen molar-refractivity contribution < 1.29 is 0 Å². The molecule has 1 fully saturated rings. The van der Waals surface area contributed by atoms with Gasteiger partial charge < -0.3 is 10.2 Å². The van der Waals surface area contributed by atoms with E-state index in [1.165, 1.54) is 31.5 Å². The first kappa shape index (κ1) is 11.7. The molecule has 0 radical (unpaired) electrons. The molecule has 2 nitrogen and oxygen atoms in total. The van der Waals surface area contributed by atoms with Crippen LogP contribution in [0.2, 0.25) is 5.02 Å². The standard InChI is InChI=1S/C13H19ClN2/c1-11-4-5-13(12(14)10-11)15-6-9-16-7-2-3-8-16/h4-5,10,15H,2-3,6-9H2,1H3. The van der Waals surface area contributed by atoms with Gasteiger partial charge in [-0.2, -0.15) is 0 Å². The first-order chi connectivity index (χ1) is 7.75. The van der Waals surface area contributed by atoms with Gasteiger partial charge in [0.1, 0.15) is 0 Å². The van der Waals surface area contributed by atoms with E-state index >= 15 is 0 Å². The topological polar surface area (TPSA) is 15.3 Å². The molecule has 1 saturated heterocycles. The van der Waals surface area contributed by atoms with Crippen molar-refractivity contribution >= 4 is 17.3 Å². The SMILES string of the molecule is Cc1ccc(NCCN2CCCC2)c(Cl)c1. The van der Waals surface area contributed by atoms with Crippen LogP contribution in [0.15, 0.2) is 18.2 Å². The molecule has 1 aromatic carbocycles. The van der Waals surface area contributed by atoms with E-state index in [4.69, 9.17) is 11.6 Å². The minimum atomic E-state index is 0.821. The van der Waals surface area contributed by atoms with Crippen LogP contribution in [0.5, 0.6) is 0 Å². The molecule has 16 heavy (non-hydrogen) atoms. The highest BCUT2D eigenvalue weighted by atomic mass is 35.5. The fourth-order valence-electron chi connectivity index (χ4n) is 2.12. The third-order valence-corrected chi connectivity index (χ3v) is 3.38. The molecular weight excluding hydrogens is 220 g/mol. The molecule has 0 bridgehead atoms. The highest BCUT2D eigenvalue weighted by molar-refractivity contribution is 6.33. The van der Waals surface area contributed by atoms with Gasteiger partial charge in [0, 0.05) is 13.1 Å². The van der Waals surface area contributed by atoms with Gasteiger partial charge in [-0.15, -0.1) is 0 Å². The molecule has 0 amide bonds. The summed E-state index contributed by atoms with van der Waals surface area (Å²) in [6.45, 7) is 6.65. The number of anilines is 1. The lowest BCUT2D eigenvalue weighted by Gasteiger charge is -2.16. The van der Waals surface area contributed by atoms with Crippen LogP contribution in [0.3, 0.4) is 0 Å². The van der Waals surface area contributed by atoms with E-state index in [0.717, 1.165) is 23.8 Å². The molecule has 0 aliphatic carbocycles. The predicted octanol–water partition coefficient (Wildman–Crippen LogP) is 3.16. The highest BCUT2D eigenvalue weighted by Crippen LogP contribution is 2.22. The van der Waals surface area contributed by atoms with E-state index in [2.05, 4.69) is 29.3 Å². The molecule has 0 unspecified atom stereocenters. The molecule has 0 spiro atoms. The fourth-order valence-corrected chi connectivity index (χ4v) is 2.42. The van der Waals surface area contributed by atoms with E-state index in [-0.39, 0.29) is 0 Å². The van der Waals surface area contributed by atoms with Gasteiger partial charge in [-0.3, -0.25) is 0 Å². The van der Waals surface area contributed by atoms with Crippen molar-refractivity contribution in [1.29, 1.82) is 0 Å². The second kappa shape index (κ2) is 5.55. The molecule has 0 saturated carbocycles. The van der Waals surface area contributed by atoms with Gasteiger partial charge in [0.15, 0.2) is 0 Å². The van der Waals surface area contributed by atoms with Crippen LogP contribution in [0.1, 0.15) is 18.4 Å². The van der Waals surface area contributed by atoms with Gasteiger partial charge >= 0.3 is 0 Å². The Morgan fingerprint density at radius 3 is 2.75 bits per heavy atom. The van der Waals surface area contributed by atoms with Crippen molar-refractivity contribution in [2.45, 2.75) is 19.8 Å². The lowest BCUT2D eigenvalue weighted by atomic mass is 10.2. The molecule has 1 aliphatic rings. The summed E-state index contributed by atoms with van der Waals surface area (Å²) in [5.41, 5.74) is 2.25. The summed E-state index contributed by atoms with van der Waals surface area (Å²) >= 11 is 6.15. The zero-order valence-corrected chi connectivity index (χ0v) is 10.6. The summed E-state index contributed by atoms with van der Waals surface area (Å²) < 4.78 is 0. The van der Waals surface area contributed by atoms with Gasteiger partial charge in [-0.25, -0.2) is 0 Å². The lowest BCUT2D eigenvalue weighted by Crippen LogP contribution is -2.25. The zero-order chi connectivity index (χ0) is 11.4. The minimum absolute atomic E-state index is 0.821. The number of benzene rings is 1. The number of rotatable bonds is 4. The first-order valence-corrected chi connectivity index (χ1v) is 6.36. The Balaban J connectivity index is 1.80. The van der Waals surface area contributed by atoms with Gasteiger partial charge in [0.2, 0.25) is 0 Å². The number of nitrogens with one attached hydrogen (secondary N) is 1. The molecular formula is C13H19ClN2. The molecule has 1 aromatic rings. The summed E-state index contributed by atoms with van der Waals surface area (Å²) in [7, 11) is 0. The van der Waals surface area contributed by atoms with Crippen molar-refractivity contribution in [2.24, 2.45) is 0 Å². The predicted molar refractivity (Wildman–Crippen MR) is 70.4 cm³/mol. The van der Waals surface area contributed by atoms with Gasteiger partial charge in [-0.1, -0.05) is 17.7 Å². The second-order valence-corrected chi connectivity index (χ2v) is 4.87. The molecule has 1 heterocycles. The molecule has 1 N–H and O–H groups in total. The average molecular weight is 239 g/mol. The van der Waals surface area contributed by atoms with Gasteiger partial charge in [0.05, 0.1) is 10.7 Å². The van der Waals surface area contributed by atoms with Crippen molar-refractivity contribution in [2.75, 3.05) is 31.5 Å². The monoisotopic (exact) mass is 238 g/mol. The Morgan fingerprint density at radius 1 is 1.31 bits per heavy atom. The number of hydrogen-bond donors (Lipinski definition) is 1. The Kier molecular flexibility index (Phi) is 4.08. The molecule has 1 aliphatic heterocycles. The fraction of sp³-hybridized carbons (Fsp3) is 0.538. The minimum Gasteiger partial charge on any atom is -0.383 e. The molecule has 2 rings (SSSR count). The van der Waals surface area contributed by atoms with Crippen molar-refractivity contribution in [3.63, 3.8) is 0 Å².